The first-order chi connectivity index (χ1) is 12.7. The van der Waals surface area contributed by atoms with E-state index >= 15 is 0 Å². The predicted octanol–water partition coefficient (Wildman–Crippen LogP) is 1.18. The Hall–Kier alpha value is -2.54. The van der Waals surface area contributed by atoms with Crippen LogP contribution < -0.4 is 4.90 Å². The zero-order valence-electron chi connectivity index (χ0n) is 15.1. The van der Waals surface area contributed by atoms with Gasteiger partial charge in [0, 0.05) is 57.5 Å². The van der Waals surface area contributed by atoms with Crippen molar-refractivity contribution < 1.29 is 4.79 Å². The highest BCUT2D eigenvalue weighted by molar-refractivity contribution is 5.87. The normalized spacial score (nSPS) is 20.6. The number of rotatable bonds is 3. The summed E-state index contributed by atoms with van der Waals surface area (Å²) >= 11 is 0. The fourth-order valence-electron chi connectivity index (χ4n) is 4.03. The first kappa shape index (κ1) is 16.9. The number of pyridine rings is 1. The van der Waals surface area contributed by atoms with Crippen molar-refractivity contribution in [3.63, 3.8) is 0 Å². The van der Waals surface area contributed by atoms with Crippen LogP contribution in [0.15, 0.2) is 43.0 Å². The third kappa shape index (κ3) is 3.03. The summed E-state index contributed by atoms with van der Waals surface area (Å²) in [5.74, 6) is 0.999. The number of hydrogen-bond acceptors (Lipinski definition) is 6. The van der Waals surface area contributed by atoms with Gasteiger partial charge in [0.25, 0.3) is 0 Å². The molecule has 2 aliphatic heterocycles. The van der Waals surface area contributed by atoms with Gasteiger partial charge in [-0.25, -0.2) is 9.97 Å². The summed E-state index contributed by atoms with van der Waals surface area (Å²) in [6, 6.07) is 5.78. The lowest BCUT2D eigenvalue weighted by atomic mass is 9.82. The fourth-order valence-corrected chi connectivity index (χ4v) is 4.03. The van der Waals surface area contributed by atoms with Crippen LogP contribution in [0.1, 0.15) is 18.4 Å². The highest BCUT2D eigenvalue weighted by atomic mass is 16.2. The molecule has 4 heterocycles. The molecule has 2 aromatic rings. The van der Waals surface area contributed by atoms with Gasteiger partial charge in [0.15, 0.2) is 0 Å². The quantitative estimate of drug-likeness (QED) is 0.827. The molecule has 26 heavy (non-hydrogen) atoms. The van der Waals surface area contributed by atoms with E-state index in [4.69, 9.17) is 0 Å². The Labute approximate surface area is 153 Å². The van der Waals surface area contributed by atoms with Crippen LogP contribution in [0.4, 0.5) is 5.95 Å². The maximum absolute atomic E-state index is 13.4. The number of piperazine rings is 1. The van der Waals surface area contributed by atoms with E-state index in [1.807, 2.05) is 23.1 Å². The summed E-state index contributed by atoms with van der Waals surface area (Å²) in [5.41, 5.74) is 0.722. The number of carbonyl (C=O) groups excluding carboxylic acids is 1. The van der Waals surface area contributed by atoms with Gasteiger partial charge < -0.3 is 9.80 Å². The van der Waals surface area contributed by atoms with E-state index in [2.05, 4.69) is 31.8 Å². The first-order valence-corrected chi connectivity index (χ1v) is 9.10. The molecule has 1 spiro atoms. The minimum absolute atomic E-state index is 0.247. The number of amides is 1. The molecule has 0 aromatic carbocycles. The maximum atomic E-state index is 13.4. The van der Waals surface area contributed by atoms with Crippen molar-refractivity contribution in [1.82, 2.24) is 24.8 Å². The summed E-state index contributed by atoms with van der Waals surface area (Å²) in [5, 5.41) is 0. The lowest BCUT2D eigenvalue weighted by Gasteiger charge is -2.51. The van der Waals surface area contributed by atoms with E-state index in [0.29, 0.717) is 6.54 Å². The Bertz CT molecular complexity index is 745. The van der Waals surface area contributed by atoms with Gasteiger partial charge in [0.05, 0.1) is 0 Å². The van der Waals surface area contributed by atoms with Crippen LogP contribution >= 0.6 is 0 Å². The van der Waals surface area contributed by atoms with Crippen molar-refractivity contribution in [2.75, 3.05) is 38.1 Å². The molecule has 2 fully saturated rings. The first-order valence-electron chi connectivity index (χ1n) is 9.10. The van der Waals surface area contributed by atoms with Crippen molar-refractivity contribution in [3.05, 3.63) is 48.5 Å². The van der Waals surface area contributed by atoms with E-state index in [9.17, 15) is 4.79 Å². The molecule has 0 N–H and O–H groups in total. The van der Waals surface area contributed by atoms with Gasteiger partial charge in [0.1, 0.15) is 5.54 Å². The summed E-state index contributed by atoms with van der Waals surface area (Å²) in [4.78, 5) is 32.6. The Morgan fingerprint density at radius 1 is 1.00 bits per heavy atom. The molecule has 0 saturated carbocycles. The van der Waals surface area contributed by atoms with Crippen LogP contribution in [0.3, 0.4) is 0 Å². The van der Waals surface area contributed by atoms with Crippen molar-refractivity contribution in [1.29, 1.82) is 0 Å². The van der Waals surface area contributed by atoms with Gasteiger partial charge in [-0.2, -0.15) is 0 Å². The Balaban J connectivity index is 1.49. The topological polar surface area (TPSA) is 65.5 Å². The second kappa shape index (κ2) is 6.99. The molecule has 2 aromatic heterocycles. The van der Waals surface area contributed by atoms with E-state index < -0.39 is 5.54 Å². The van der Waals surface area contributed by atoms with Crippen molar-refractivity contribution in [3.8, 4) is 0 Å². The predicted molar refractivity (Wildman–Crippen MR) is 98.5 cm³/mol. The number of carbonyl (C=O) groups is 1. The molecule has 0 aliphatic carbocycles. The SMILES string of the molecule is CN1CCN(Cc2ccncc2)C(=O)C12CCN(c1ncccn1)CC2. The van der Waals surface area contributed by atoms with Crippen molar-refractivity contribution in [2.45, 2.75) is 24.9 Å². The zero-order chi connectivity index (χ0) is 18.0. The molecular weight excluding hydrogens is 328 g/mol. The lowest BCUT2D eigenvalue weighted by Crippen LogP contribution is -2.67. The monoisotopic (exact) mass is 352 g/mol. The summed E-state index contributed by atoms with van der Waals surface area (Å²) in [6.07, 6.45) is 8.69. The van der Waals surface area contributed by atoms with Crippen LogP contribution in [0, 0.1) is 0 Å². The summed E-state index contributed by atoms with van der Waals surface area (Å²) in [6.45, 7) is 3.92. The number of nitrogens with zero attached hydrogens (tertiary/aromatic N) is 6. The van der Waals surface area contributed by atoms with Crippen LogP contribution in [-0.4, -0.2) is 69.4 Å². The minimum Gasteiger partial charge on any atom is -0.341 e. The van der Waals surface area contributed by atoms with Gasteiger partial charge >= 0.3 is 0 Å². The Morgan fingerprint density at radius 3 is 2.38 bits per heavy atom. The molecule has 0 unspecified atom stereocenters. The van der Waals surface area contributed by atoms with Gasteiger partial charge in [-0.15, -0.1) is 0 Å². The average molecular weight is 352 g/mol. The Kier molecular flexibility index (Phi) is 4.55. The van der Waals surface area contributed by atoms with Crippen LogP contribution in [-0.2, 0) is 11.3 Å². The summed E-state index contributed by atoms with van der Waals surface area (Å²) < 4.78 is 0. The van der Waals surface area contributed by atoms with Gasteiger partial charge in [-0.1, -0.05) is 0 Å². The third-order valence-electron chi connectivity index (χ3n) is 5.67. The number of piperidine rings is 1. The summed E-state index contributed by atoms with van der Waals surface area (Å²) in [7, 11) is 2.08. The van der Waals surface area contributed by atoms with E-state index in [-0.39, 0.29) is 5.91 Å². The van der Waals surface area contributed by atoms with E-state index in [0.717, 1.165) is 50.5 Å². The molecule has 0 radical (unpaired) electrons. The molecule has 0 bridgehead atoms. The second-order valence-corrected chi connectivity index (χ2v) is 7.07. The van der Waals surface area contributed by atoms with Gasteiger partial charge in [-0.05, 0) is 43.7 Å². The largest absolute Gasteiger partial charge is 0.341 e. The van der Waals surface area contributed by atoms with Crippen molar-refractivity contribution >= 4 is 11.9 Å². The molecule has 136 valence electrons. The smallest absolute Gasteiger partial charge is 0.243 e. The maximum Gasteiger partial charge on any atom is 0.243 e. The fraction of sp³-hybridized carbons (Fsp3) is 0.474. The third-order valence-corrected chi connectivity index (χ3v) is 5.67. The molecule has 4 rings (SSSR count). The minimum atomic E-state index is -0.406. The lowest BCUT2D eigenvalue weighted by molar-refractivity contribution is -0.152. The number of hydrogen-bond donors (Lipinski definition) is 0. The standard InChI is InChI=1S/C19H24N6O/c1-23-13-14-25(15-16-3-9-20-10-4-16)17(26)19(23)5-11-24(12-6-19)18-21-7-2-8-22-18/h2-4,7-10H,5-6,11-15H2,1H3. The molecule has 2 saturated heterocycles. The molecular formula is C19H24N6O. The van der Waals surface area contributed by atoms with Crippen LogP contribution in [0.25, 0.3) is 0 Å². The van der Waals surface area contributed by atoms with Crippen LogP contribution in [0.2, 0.25) is 0 Å². The number of anilines is 1. The second-order valence-electron chi connectivity index (χ2n) is 7.07. The highest BCUT2D eigenvalue weighted by Gasteiger charge is 2.49. The van der Waals surface area contributed by atoms with Crippen LogP contribution in [0.5, 0.6) is 0 Å². The van der Waals surface area contributed by atoms with E-state index in [1.165, 1.54) is 0 Å². The average Bonchev–Trinajstić information content (AvgIpc) is 2.71. The molecule has 0 atom stereocenters. The molecule has 7 nitrogen and oxygen atoms in total. The number of likely N-dealkylation sites (N-methyl/N-ethyl adjacent to an activating group) is 1. The molecule has 1 amide bonds. The number of aromatic nitrogens is 3. The molecule has 7 heteroatoms. The van der Waals surface area contributed by atoms with Gasteiger partial charge in [0.2, 0.25) is 11.9 Å². The molecule has 2 aliphatic rings. The van der Waals surface area contributed by atoms with Crippen molar-refractivity contribution in [2.24, 2.45) is 0 Å². The van der Waals surface area contributed by atoms with Gasteiger partial charge in [-0.3, -0.25) is 14.7 Å². The zero-order valence-corrected chi connectivity index (χ0v) is 15.1. The highest BCUT2D eigenvalue weighted by Crippen LogP contribution is 2.34. The van der Waals surface area contributed by atoms with E-state index in [1.54, 1.807) is 24.8 Å². The Morgan fingerprint density at radius 2 is 1.69 bits per heavy atom.